The number of pyridine rings is 1. The minimum absolute atomic E-state index is 0.116. The van der Waals surface area contributed by atoms with E-state index in [-0.39, 0.29) is 16.9 Å². The van der Waals surface area contributed by atoms with Gasteiger partial charge in [0.1, 0.15) is 11.2 Å². The summed E-state index contributed by atoms with van der Waals surface area (Å²) in [5, 5.41) is 22.6. The molecule has 0 amide bonds. The van der Waals surface area contributed by atoms with Crippen LogP contribution in [0.5, 0.6) is 0 Å². The van der Waals surface area contributed by atoms with Crippen molar-refractivity contribution in [3.63, 3.8) is 0 Å². The first-order valence-corrected chi connectivity index (χ1v) is 10.9. The molecule has 1 aromatic carbocycles. The summed E-state index contributed by atoms with van der Waals surface area (Å²) in [6.07, 6.45) is 1.26. The van der Waals surface area contributed by atoms with E-state index < -0.39 is 5.97 Å². The van der Waals surface area contributed by atoms with Gasteiger partial charge in [-0.15, -0.1) is 0 Å². The minimum atomic E-state index is -1.16. The number of piperidine rings is 1. The fourth-order valence-corrected chi connectivity index (χ4v) is 4.69. The van der Waals surface area contributed by atoms with Crippen LogP contribution in [0.15, 0.2) is 24.3 Å². The van der Waals surface area contributed by atoms with Crippen LogP contribution in [0.3, 0.4) is 0 Å². The Labute approximate surface area is 189 Å². The Kier molecular flexibility index (Phi) is 4.86. The van der Waals surface area contributed by atoms with Crippen molar-refractivity contribution in [2.75, 3.05) is 23.3 Å². The first-order valence-electron chi connectivity index (χ1n) is 10.5. The fraction of sp³-hybridized carbons (Fsp3) is 0.348. The number of anilines is 2. The molecule has 3 aromatic rings. The van der Waals surface area contributed by atoms with Crippen LogP contribution in [0.4, 0.5) is 11.5 Å². The van der Waals surface area contributed by atoms with Gasteiger partial charge in [0.05, 0.1) is 22.8 Å². The second kappa shape index (κ2) is 7.61. The van der Waals surface area contributed by atoms with Gasteiger partial charge in [0.15, 0.2) is 17.2 Å². The zero-order valence-corrected chi connectivity index (χ0v) is 18.4. The van der Waals surface area contributed by atoms with E-state index in [1.807, 2.05) is 26.0 Å². The molecule has 1 aliphatic carbocycles. The van der Waals surface area contributed by atoms with Crippen molar-refractivity contribution < 1.29 is 9.90 Å². The van der Waals surface area contributed by atoms with Crippen LogP contribution in [0.25, 0.3) is 11.0 Å². The van der Waals surface area contributed by atoms with E-state index in [1.54, 1.807) is 12.1 Å². The number of aromatic carboxylic acids is 1. The van der Waals surface area contributed by atoms with Crippen LogP contribution in [0.2, 0.25) is 5.15 Å². The maximum absolute atomic E-state index is 11.6. The number of halogens is 1. The predicted molar refractivity (Wildman–Crippen MR) is 121 cm³/mol. The molecule has 0 radical (unpaired) electrons. The molecule has 2 N–H and O–H groups in total. The predicted octanol–water partition coefficient (Wildman–Crippen LogP) is 4.19. The largest absolute Gasteiger partial charge is 0.476 e. The number of nitrogens with one attached hydrogen (secondary N) is 1. The van der Waals surface area contributed by atoms with Crippen molar-refractivity contribution in [2.24, 2.45) is 11.8 Å². The molecular formula is C23H21ClN6O2. The van der Waals surface area contributed by atoms with E-state index in [2.05, 4.69) is 26.3 Å². The van der Waals surface area contributed by atoms with Crippen molar-refractivity contribution in [1.82, 2.24) is 15.0 Å². The Bertz CT molecular complexity index is 1290. The first kappa shape index (κ1) is 20.5. The maximum atomic E-state index is 11.6. The smallest absolute Gasteiger partial charge is 0.356 e. The number of rotatable bonds is 5. The van der Waals surface area contributed by atoms with Gasteiger partial charge in [0.2, 0.25) is 0 Å². The zero-order chi connectivity index (χ0) is 22.6. The number of nitrogens with zero attached hydrogens (tertiary/aromatic N) is 5. The number of fused-ring (bicyclic) bond motifs is 2. The lowest BCUT2D eigenvalue weighted by Gasteiger charge is -2.22. The molecule has 3 heterocycles. The minimum Gasteiger partial charge on any atom is -0.476 e. The number of carboxylic acids is 1. The van der Waals surface area contributed by atoms with E-state index in [4.69, 9.17) is 16.6 Å². The van der Waals surface area contributed by atoms with Crippen LogP contribution in [-0.2, 0) is 0 Å². The summed E-state index contributed by atoms with van der Waals surface area (Å²) in [6, 6.07) is 9.00. The lowest BCUT2D eigenvalue weighted by atomic mass is 10.0. The summed E-state index contributed by atoms with van der Waals surface area (Å²) in [5.41, 5.74) is 3.75. The molecule has 162 valence electrons. The number of nitriles is 1. The molecule has 1 saturated carbocycles. The molecule has 5 rings (SSSR count). The highest BCUT2D eigenvalue weighted by atomic mass is 35.5. The van der Waals surface area contributed by atoms with Gasteiger partial charge in [-0.1, -0.05) is 17.7 Å². The summed E-state index contributed by atoms with van der Waals surface area (Å²) in [4.78, 5) is 27.3. The molecule has 0 bridgehead atoms. The quantitative estimate of drug-likeness (QED) is 0.558. The summed E-state index contributed by atoms with van der Waals surface area (Å²) >= 11 is 5.88. The van der Waals surface area contributed by atoms with Crippen LogP contribution in [-0.4, -0.2) is 39.1 Å². The van der Waals surface area contributed by atoms with Crippen molar-refractivity contribution in [2.45, 2.75) is 26.3 Å². The second-order valence-electron chi connectivity index (χ2n) is 8.59. The van der Waals surface area contributed by atoms with Gasteiger partial charge in [0.25, 0.3) is 0 Å². The van der Waals surface area contributed by atoms with Crippen LogP contribution in [0, 0.1) is 30.1 Å². The van der Waals surface area contributed by atoms with E-state index in [9.17, 15) is 15.2 Å². The van der Waals surface area contributed by atoms with Gasteiger partial charge in [0, 0.05) is 18.7 Å². The molecule has 8 nitrogen and oxygen atoms in total. The molecule has 2 aliphatic rings. The molecule has 2 fully saturated rings. The maximum Gasteiger partial charge on any atom is 0.356 e. The van der Waals surface area contributed by atoms with Gasteiger partial charge in [-0.2, -0.15) is 5.26 Å². The van der Waals surface area contributed by atoms with Crippen LogP contribution in [0.1, 0.15) is 46.7 Å². The Morgan fingerprint density at radius 3 is 2.72 bits per heavy atom. The number of carbonyl (C=O) groups is 1. The number of carboxylic acid groups (broad SMARTS) is 1. The van der Waals surface area contributed by atoms with E-state index >= 15 is 0 Å². The number of aryl methyl sites for hydroxylation is 1. The average molecular weight is 449 g/mol. The summed E-state index contributed by atoms with van der Waals surface area (Å²) < 4.78 is 0. The van der Waals surface area contributed by atoms with Crippen molar-refractivity contribution in [3.8, 4) is 6.07 Å². The topological polar surface area (TPSA) is 115 Å². The van der Waals surface area contributed by atoms with Gasteiger partial charge in [-0.05, 0) is 55.9 Å². The number of aromatic nitrogens is 3. The first-order chi connectivity index (χ1) is 15.3. The highest BCUT2D eigenvalue weighted by molar-refractivity contribution is 6.29. The molecule has 2 unspecified atom stereocenters. The third kappa shape index (κ3) is 3.59. The number of hydrogen-bond donors (Lipinski definition) is 2. The third-order valence-electron chi connectivity index (χ3n) is 6.21. The highest BCUT2D eigenvalue weighted by Crippen LogP contribution is 2.46. The average Bonchev–Trinajstić information content (AvgIpc) is 3.38. The van der Waals surface area contributed by atoms with Gasteiger partial charge >= 0.3 is 5.97 Å². The van der Waals surface area contributed by atoms with Gasteiger partial charge < -0.3 is 15.3 Å². The Hall–Kier alpha value is -3.44. The van der Waals surface area contributed by atoms with E-state index in [0.717, 1.165) is 24.2 Å². The van der Waals surface area contributed by atoms with Crippen molar-refractivity contribution in [1.29, 1.82) is 5.26 Å². The lowest BCUT2D eigenvalue weighted by Crippen LogP contribution is -2.24. The molecule has 2 aromatic heterocycles. The molecule has 9 heteroatoms. The van der Waals surface area contributed by atoms with Crippen LogP contribution < -0.4 is 10.2 Å². The lowest BCUT2D eigenvalue weighted by molar-refractivity contribution is 0.0691. The normalized spacial score (nSPS) is 20.0. The van der Waals surface area contributed by atoms with Crippen LogP contribution >= 0.6 is 11.6 Å². The van der Waals surface area contributed by atoms with E-state index in [1.165, 1.54) is 6.42 Å². The zero-order valence-electron chi connectivity index (χ0n) is 17.6. The second-order valence-corrected chi connectivity index (χ2v) is 8.98. The van der Waals surface area contributed by atoms with Gasteiger partial charge in [-0.3, -0.25) is 0 Å². The Morgan fingerprint density at radius 2 is 2.03 bits per heavy atom. The third-order valence-corrected chi connectivity index (χ3v) is 6.42. The molecule has 0 spiro atoms. The molecule has 1 aliphatic heterocycles. The standard InChI is InChI=1S/C23H21ClN6O2/c1-11-5-15(12(2)26-16-3-4-19(24)28-21(16)23(31)32)20-17(6-11)27-18(8-25)22(29-20)30-9-13-7-14(13)10-30/h3-6,12-14,26H,7,9-10H2,1-2H3,(H,31,32)/t12-,13?,14?/m1/s1. The van der Waals surface area contributed by atoms with Crippen molar-refractivity contribution in [3.05, 3.63) is 51.9 Å². The highest BCUT2D eigenvalue weighted by Gasteiger charge is 2.46. The number of hydrogen-bond acceptors (Lipinski definition) is 7. The van der Waals surface area contributed by atoms with E-state index in [0.29, 0.717) is 40.1 Å². The molecular weight excluding hydrogens is 428 g/mol. The Balaban J connectivity index is 1.57. The fourth-order valence-electron chi connectivity index (χ4n) is 4.55. The Morgan fingerprint density at radius 1 is 1.28 bits per heavy atom. The van der Waals surface area contributed by atoms with Gasteiger partial charge in [-0.25, -0.2) is 19.7 Å². The molecule has 1 saturated heterocycles. The monoisotopic (exact) mass is 448 g/mol. The SMILES string of the molecule is Cc1cc([C@@H](C)Nc2ccc(Cl)nc2C(=O)O)c2nc(N3CC4CC4C3)c(C#N)nc2c1. The summed E-state index contributed by atoms with van der Waals surface area (Å²) in [7, 11) is 0. The summed E-state index contributed by atoms with van der Waals surface area (Å²) in [6.45, 7) is 5.71. The molecule has 32 heavy (non-hydrogen) atoms. The summed E-state index contributed by atoms with van der Waals surface area (Å²) in [5.74, 6) is 0.862. The number of benzene rings is 1. The van der Waals surface area contributed by atoms with Crippen molar-refractivity contribution >= 4 is 40.1 Å². The molecule has 3 atom stereocenters.